The van der Waals surface area contributed by atoms with Crippen LogP contribution in [-0.2, 0) is 9.59 Å². The number of imide groups is 1. The third kappa shape index (κ3) is 4.31. The first-order chi connectivity index (χ1) is 13.9. The van der Waals surface area contributed by atoms with Gasteiger partial charge in [0, 0.05) is 14.1 Å². The van der Waals surface area contributed by atoms with Crippen LogP contribution in [0.5, 0.6) is 5.75 Å². The van der Waals surface area contributed by atoms with Crippen molar-refractivity contribution in [3.8, 4) is 5.75 Å². The van der Waals surface area contributed by atoms with E-state index in [4.69, 9.17) is 4.74 Å². The number of nitrogens with zero attached hydrogens (tertiary/aromatic N) is 5. The number of amidine groups is 1. The summed E-state index contributed by atoms with van der Waals surface area (Å²) in [4.78, 5) is 43.0. The van der Waals surface area contributed by atoms with E-state index in [1.807, 2.05) is 31.2 Å². The lowest BCUT2D eigenvalue weighted by Crippen LogP contribution is -2.61. The van der Waals surface area contributed by atoms with Crippen molar-refractivity contribution >= 4 is 36.2 Å². The maximum Gasteiger partial charge on any atom is 0.333 e. The lowest BCUT2D eigenvalue weighted by atomic mass is 10.1. The number of hydrogen-bond donors (Lipinski definition) is 1. The minimum Gasteiger partial charge on any atom is -0.494 e. The van der Waals surface area contributed by atoms with Crippen LogP contribution < -0.4 is 10.2 Å². The minimum absolute atomic E-state index is 0.125. The number of aliphatic imine (C=N–C) groups is 1. The number of carbonyl (C=O) groups excluding carboxylic acids is 3. The number of benzene rings is 1. The summed E-state index contributed by atoms with van der Waals surface area (Å²) in [6.45, 7) is 2.57. The van der Waals surface area contributed by atoms with Gasteiger partial charge in [0.2, 0.25) is 0 Å². The highest BCUT2D eigenvalue weighted by Gasteiger charge is 2.50. The van der Waals surface area contributed by atoms with E-state index in [1.165, 1.54) is 36.1 Å². The molecule has 4 amide bonds. The molecule has 0 spiro atoms. The molecule has 0 aromatic heterocycles. The first kappa shape index (κ1) is 20.2. The second kappa shape index (κ2) is 8.63. The molecule has 1 saturated heterocycles. The number of fused-ring (bicyclic) bond motifs is 1. The Labute approximate surface area is 168 Å². The Morgan fingerprint density at radius 3 is 2.69 bits per heavy atom. The first-order valence-electron chi connectivity index (χ1n) is 9.19. The van der Waals surface area contributed by atoms with Gasteiger partial charge in [-0.15, -0.1) is 0 Å². The van der Waals surface area contributed by atoms with Gasteiger partial charge >= 0.3 is 6.03 Å². The number of carbonyl (C=O) groups is 3. The molecule has 1 unspecified atom stereocenters. The standard InChI is InChI=1S/C19H22N6O4/c1-4-9-29-14-7-5-13(6-8-14)10-21-22-15(26)11-25-12-20-17-16(25)18(27)24(3)19(28)23(17)2/h5-8,10,12,16H,4,9,11H2,1-3H3/p+1/b21-10+. The number of likely N-dealkylation sites (N-methyl/N-ethyl adjacent to an activating group) is 2. The van der Waals surface area contributed by atoms with Crippen LogP contribution in [0.3, 0.4) is 0 Å². The molecule has 3 rings (SSSR count). The summed E-state index contributed by atoms with van der Waals surface area (Å²) in [6, 6.07) is 6.07. The predicted octanol–water partition coefficient (Wildman–Crippen LogP) is 0.271. The fourth-order valence-electron chi connectivity index (χ4n) is 2.92. The molecule has 0 saturated carbocycles. The molecule has 1 fully saturated rings. The van der Waals surface area contributed by atoms with E-state index in [0.717, 1.165) is 22.6 Å². The van der Waals surface area contributed by atoms with Crippen LogP contribution >= 0.6 is 0 Å². The molecule has 1 aromatic carbocycles. The van der Waals surface area contributed by atoms with Gasteiger partial charge in [-0.1, -0.05) is 6.92 Å². The van der Waals surface area contributed by atoms with Crippen molar-refractivity contribution in [1.29, 1.82) is 0 Å². The molecule has 2 heterocycles. The number of ether oxygens (including phenoxy) is 1. The van der Waals surface area contributed by atoms with Gasteiger partial charge in [0.15, 0.2) is 6.54 Å². The van der Waals surface area contributed by atoms with Gasteiger partial charge in [0.05, 0.1) is 12.8 Å². The lowest BCUT2D eigenvalue weighted by molar-refractivity contribution is -0.519. The number of rotatable bonds is 7. The Morgan fingerprint density at radius 1 is 1.28 bits per heavy atom. The van der Waals surface area contributed by atoms with Crippen LogP contribution in [-0.4, -0.2) is 83.9 Å². The van der Waals surface area contributed by atoms with Crippen molar-refractivity contribution in [2.24, 2.45) is 10.1 Å². The summed E-state index contributed by atoms with van der Waals surface area (Å²) in [5.74, 6) is 0.243. The van der Waals surface area contributed by atoms with Gasteiger partial charge in [-0.2, -0.15) is 5.10 Å². The minimum atomic E-state index is -0.798. The highest BCUT2D eigenvalue weighted by Crippen LogP contribution is 2.16. The van der Waals surface area contributed by atoms with Gasteiger partial charge in [-0.25, -0.2) is 14.8 Å². The van der Waals surface area contributed by atoms with Gasteiger partial charge in [0.1, 0.15) is 5.75 Å². The largest absolute Gasteiger partial charge is 0.494 e. The Kier molecular flexibility index (Phi) is 6.01. The number of urea groups is 1. The third-order valence-corrected chi connectivity index (χ3v) is 4.48. The van der Waals surface area contributed by atoms with Gasteiger partial charge in [0.25, 0.3) is 30.0 Å². The third-order valence-electron chi connectivity index (χ3n) is 4.48. The van der Waals surface area contributed by atoms with Crippen molar-refractivity contribution < 1.29 is 23.7 Å². The second-order valence-electron chi connectivity index (χ2n) is 6.63. The van der Waals surface area contributed by atoms with Crippen LogP contribution in [0, 0.1) is 0 Å². The molecular weight excluding hydrogens is 376 g/mol. The van der Waals surface area contributed by atoms with Crippen LogP contribution in [0.25, 0.3) is 0 Å². The zero-order valence-corrected chi connectivity index (χ0v) is 16.5. The molecule has 0 bridgehead atoms. The van der Waals surface area contributed by atoms with Crippen LogP contribution in [0.1, 0.15) is 18.9 Å². The van der Waals surface area contributed by atoms with Crippen molar-refractivity contribution in [2.75, 3.05) is 27.2 Å². The number of amides is 4. The Balaban J connectivity index is 1.54. The maximum absolute atomic E-state index is 12.4. The number of nitrogens with one attached hydrogen (secondary N) is 1. The second-order valence-corrected chi connectivity index (χ2v) is 6.63. The monoisotopic (exact) mass is 399 g/mol. The zero-order chi connectivity index (χ0) is 21.0. The molecule has 152 valence electrons. The average Bonchev–Trinajstić information content (AvgIpc) is 3.13. The molecular formula is C19H23N6O4+. The normalized spacial score (nSPS) is 18.7. The molecule has 1 aromatic rings. The quantitative estimate of drug-likeness (QED) is 0.403. The van der Waals surface area contributed by atoms with E-state index in [2.05, 4.69) is 15.5 Å². The topological polar surface area (TPSA) is 107 Å². The zero-order valence-electron chi connectivity index (χ0n) is 16.5. The van der Waals surface area contributed by atoms with E-state index in [1.54, 1.807) is 0 Å². The Morgan fingerprint density at radius 2 is 2.00 bits per heavy atom. The van der Waals surface area contributed by atoms with Gasteiger partial charge < -0.3 is 4.74 Å². The molecule has 2 aliphatic heterocycles. The Hall–Kier alpha value is -3.56. The average molecular weight is 399 g/mol. The maximum atomic E-state index is 12.4. The smallest absolute Gasteiger partial charge is 0.333 e. The molecule has 10 heteroatoms. The molecule has 0 aliphatic carbocycles. The van der Waals surface area contributed by atoms with Crippen molar-refractivity contribution in [2.45, 2.75) is 19.4 Å². The van der Waals surface area contributed by atoms with Gasteiger partial charge in [-0.3, -0.25) is 19.4 Å². The van der Waals surface area contributed by atoms with E-state index in [9.17, 15) is 14.4 Å². The highest BCUT2D eigenvalue weighted by atomic mass is 16.5. The number of hydrogen-bond acceptors (Lipinski definition) is 6. The van der Waals surface area contributed by atoms with Crippen LogP contribution in [0.15, 0.2) is 34.4 Å². The summed E-state index contributed by atoms with van der Waals surface area (Å²) >= 11 is 0. The highest BCUT2D eigenvalue weighted by molar-refractivity contribution is 6.21. The molecule has 29 heavy (non-hydrogen) atoms. The van der Waals surface area contributed by atoms with E-state index < -0.39 is 23.9 Å². The summed E-state index contributed by atoms with van der Waals surface area (Å²) in [5.41, 5.74) is 3.23. The molecule has 1 N–H and O–H groups in total. The van der Waals surface area contributed by atoms with Gasteiger partial charge in [-0.05, 0) is 41.2 Å². The van der Waals surface area contributed by atoms with Crippen LogP contribution in [0.4, 0.5) is 4.79 Å². The SMILES string of the molecule is CCCOc1ccc(/C=N/NC(=O)C[N+]2=CN=C3C2C(=O)N(C)C(=O)N3C)cc1. The van der Waals surface area contributed by atoms with Crippen molar-refractivity contribution in [1.82, 2.24) is 15.2 Å². The van der Waals surface area contributed by atoms with E-state index >= 15 is 0 Å². The summed E-state index contributed by atoms with van der Waals surface area (Å²) in [6.07, 6.45) is 3.84. The molecule has 10 nitrogen and oxygen atoms in total. The fraction of sp³-hybridized carbons (Fsp3) is 0.368. The van der Waals surface area contributed by atoms with Crippen LogP contribution in [0.2, 0.25) is 0 Å². The number of hydrazone groups is 1. The van der Waals surface area contributed by atoms with Crippen molar-refractivity contribution in [3.63, 3.8) is 0 Å². The first-order valence-corrected chi connectivity index (χ1v) is 9.19. The van der Waals surface area contributed by atoms with E-state index in [-0.39, 0.29) is 6.54 Å². The molecule has 1 atom stereocenters. The summed E-state index contributed by atoms with van der Waals surface area (Å²) in [5, 5.41) is 3.94. The van der Waals surface area contributed by atoms with Crippen molar-refractivity contribution in [3.05, 3.63) is 29.8 Å². The fourth-order valence-corrected chi connectivity index (χ4v) is 2.92. The van der Waals surface area contributed by atoms with E-state index in [0.29, 0.717) is 12.4 Å². The molecule has 2 aliphatic rings. The predicted molar refractivity (Wildman–Crippen MR) is 106 cm³/mol. The summed E-state index contributed by atoms with van der Waals surface area (Å²) in [7, 11) is 2.94. The Bertz CT molecular complexity index is 906. The lowest BCUT2D eigenvalue weighted by Gasteiger charge is -2.30. The molecule has 0 radical (unpaired) electrons. The summed E-state index contributed by atoms with van der Waals surface area (Å²) < 4.78 is 6.99.